The molecule has 0 aromatic heterocycles. The molecule has 3 nitrogen and oxygen atoms in total. The zero-order valence-corrected chi connectivity index (χ0v) is 16.4. The molecule has 4 aromatic carbocycles. The number of fused-ring (bicyclic) bond motifs is 6. The summed E-state index contributed by atoms with van der Waals surface area (Å²) in [7, 11) is 0. The molecule has 3 atom stereocenters. The number of carboxylic acid groups (broad SMARTS) is 1. The molecule has 0 amide bonds. The summed E-state index contributed by atoms with van der Waals surface area (Å²) in [5.41, 5.74) is 6.49. The maximum atomic E-state index is 11.6. The molecule has 1 heterocycles. The van der Waals surface area contributed by atoms with Crippen LogP contribution in [0.15, 0.2) is 84.9 Å². The number of rotatable bonds is 2. The van der Waals surface area contributed by atoms with Crippen LogP contribution in [0.2, 0.25) is 0 Å². The Hall–Kier alpha value is -3.59. The number of aromatic carboxylic acids is 1. The highest BCUT2D eigenvalue weighted by molar-refractivity contribution is 5.89. The molecule has 6 rings (SSSR count). The topological polar surface area (TPSA) is 49.3 Å². The predicted molar refractivity (Wildman–Crippen MR) is 119 cm³/mol. The second-order valence-electron chi connectivity index (χ2n) is 8.34. The van der Waals surface area contributed by atoms with E-state index in [1.807, 2.05) is 12.1 Å². The Morgan fingerprint density at radius 2 is 1.60 bits per heavy atom. The lowest BCUT2D eigenvalue weighted by Crippen LogP contribution is -2.30. The van der Waals surface area contributed by atoms with Crippen molar-refractivity contribution < 1.29 is 9.90 Å². The third-order valence-electron chi connectivity index (χ3n) is 6.81. The molecule has 0 bridgehead atoms. The van der Waals surface area contributed by atoms with Crippen molar-refractivity contribution in [3.63, 3.8) is 0 Å². The first kappa shape index (κ1) is 17.3. The van der Waals surface area contributed by atoms with Gasteiger partial charge in [0.15, 0.2) is 0 Å². The van der Waals surface area contributed by atoms with Crippen molar-refractivity contribution in [3.05, 3.63) is 113 Å². The summed E-state index contributed by atoms with van der Waals surface area (Å²) in [5, 5.41) is 15.9. The molecular formula is C27H21NO2. The van der Waals surface area contributed by atoms with Crippen LogP contribution in [0.3, 0.4) is 0 Å². The van der Waals surface area contributed by atoms with Crippen LogP contribution in [-0.4, -0.2) is 11.1 Å². The number of benzene rings is 4. The number of nitrogens with one attached hydrogen (secondary N) is 1. The van der Waals surface area contributed by atoms with E-state index in [0.717, 1.165) is 17.7 Å². The lowest BCUT2D eigenvalue weighted by Gasteiger charge is -2.38. The Labute approximate surface area is 175 Å². The van der Waals surface area contributed by atoms with Gasteiger partial charge in [-0.15, -0.1) is 0 Å². The number of hydrogen-bond donors (Lipinski definition) is 2. The second-order valence-corrected chi connectivity index (χ2v) is 8.34. The highest BCUT2D eigenvalue weighted by Gasteiger charge is 2.43. The smallest absolute Gasteiger partial charge is 0.335 e. The Balaban J connectivity index is 1.57. The van der Waals surface area contributed by atoms with E-state index in [9.17, 15) is 9.90 Å². The molecule has 0 fully saturated rings. The highest BCUT2D eigenvalue weighted by Crippen LogP contribution is 2.54. The number of carbonyl (C=O) groups is 1. The lowest BCUT2D eigenvalue weighted by atomic mass is 9.74. The maximum Gasteiger partial charge on any atom is 0.335 e. The first-order chi connectivity index (χ1) is 14.7. The van der Waals surface area contributed by atoms with Crippen LogP contribution in [0.1, 0.15) is 44.6 Å². The van der Waals surface area contributed by atoms with Gasteiger partial charge in [0.05, 0.1) is 11.6 Å². The quantitative estimate of drug-likeness (QED) is 0.440. The van der Waals surface area contributed by atoms with Crippen molar-refractivity contribution in [3.8, 4) is 0 Å². The summed E-state index contributed by atoms with van der Waals surface area (Å²) in [4.78, 5) is 11.6. The molecule has 0 spiro atoms. The fraction of sp³-hybridized carbons (Fsp3) is 0.148. The highest BCUT2D eigenvalue weighted by atomic mass is 16.4. The lowest BCUT2D eigenvalue weighted by molar-refractivity contribution is 0.0696. The number of carboxylic acids is 1. The minimum absolute atomic E-state index is 0.164. The molecule has 0 unspecified atom stereocenters. The van der Waals surface area contributed by atoms with Gasteiger partial charge in [0.25, 0.3) is 0 Å². The van der Waals surface area contributed by atoms with Crippen LogP contribution in [0.5, 0.6) is 0 Å². The zero-order valence-electron chi connectivity index (χ0n) is 16.4. The van der Waals surface area contributed by atoms with Gasteiger partial charge < -0.3 is 10.4 Å². The van der Waals surface area contributed by atoms with Crippen molar-refractivity contribution in [1.82, 2.24) is 0 Å². The summed E-state index contributed by atoms with van der Waals surface area (Å²) in [5.74, 6) is -0.345. The Kier molecular flexibility index (Phi) is 3.72. The predicted octanol–water partition coefficient (Wildman–Crippen LogP) is 6.01. The van der Waals surface area contributed by atoms with E-state index in [1.54, 1.807) is 6.07 Å². The van der Waals surface area contributed by atoms with Crippen molar-refractivity contribution >= 4 is 22.4 Å². The molecule has 1 aliphatic heterocycles. The average molecular weight is 391 g/mol. The van der Waals surface area contributed by atoms with Crippen LogP contribution < -0.4 is 5.32 Å². The van der Waals surface area contributed by atoms with Crippen LogP contribution in [0.25, 0.3) is 10.8 Å². The Bertz CT molecular complexity index is 1300. The molecule has 0 saturated heterocycles. The van der Waals surface area contributed by atoms with Gasteiger partial charge >= 0.3 is 5.97 Å². The molecule has 1 aliphatic carbocycles. The summed E-state index contributed by atoms with van der Waals surface area (Å²) >= 11 is 0. The molecule has 0 radical (unpaired) electrons. The van der Waals surface area contributed by atoms with Gasteiger partial charge in [-0.2, -0.15) is 0 Å². The van der Waals surface area contributed by atoms with Gasteiger partial charge in [-0.25, -0.2) is 4.79 Å². The van der Waals surface area contributed by atoms with Gasteiger partial charge in [-0.3, -0.25) is 0 Å². The Morgan fingerprint density at radius 1 is 0.833 bits per heavy atom. The van der Waals surface area contributed by atoms with E-state index >= 15 is 0 Å². The number of anilines is 1. The summed E-state index contributed by atoms with van der Waals surface area (Å²) in [6.45, 7) is 0. The molecule has 146 valence electrons. The molecule has 2 aliphatic rings. The van der Waals surface area contributed by atoms with E-state index in [2.05, 4.69) is 72.0 Å². The van der Waals surface area contributed by atoms with Crippen molar-refractivity contribution in [2.45, 2.75) is 18.4 Å². The maximum absolute atomic E-state index is 11.6. The van der Waals surface area contributed by atoms with E-state index in [4.69, 9.17) is 0 Å². The average Bonchev–Trinajstić information content (AvgIpc) is 3.18. The standard InChI is InChI=1S/C27H21NO2/c29-27(30)18-12-13-24-22(15-18)25-20-10-4-2-7-17(20)14-23(25)26(28-24)21-11-5-8-16-6-1-3-9-19(16)21/h1-13,15,23,25-26,28H,14H2,(H,29,30)/t23-,25+,26+/m1/s1. The fourth-order valence-electron chi connectivity index (χ4n) is 5.52. The van der Waals surface area contributed by atoms with Crippen molar-refractivity contribution in [2.24, 2.45) is 5.92 Å². The van der Waals surface area contributed by atoms with Gasteiger partial charge in [0, 0.05) is 11.6 Å². The van der Waals surface area contributed by atoms with E-state index in [-0.39, 0.29) is 12.0 Å². The fourth-order valence-corrected chi connectivity index (χ4v) is 5.52. The summed E-state index contributed by atoms with van der Waals surface area (Å²) in [6.07, 6.45) is 0.985. The number of hydrogen-bond acceptors (Lipinski definition) is 2. The van der Waals surface area contributed by atoms with Crippen molar-refractivity contribution in [1.29, 1.82) is 0 Å². The third kappa shape index (κ3) is 2.48. The third-order valence-corrected chi connectivity index (χ3v) is 6.81. The van der Waals surface area contributed by atoms with E-state index < -0.39 is 5.97 Å². The molecule has 3 heteroatoms. The van der Waals surface area contributed by atoms with Crippen LogP contribution in [-0.2, 0) is 6.42 Å². The van der Waals surface area contributed by atoms with Crippen LogP contribution in [0, 0.1) is 5.92 Å². The molecule has 30 heavy (non-hydrogen) atoms. The zero-order chi connectivity index (χ0) is 20.2. The minimum Gasteiger partial charge on any atom is -0.478 e. The normalized spacial score (nSPS) is 21.4. The molecule has 2 N–H and O–H groups in total. The molecule has 0 saturated carbocycles. The van der Waals surface area contributed by atoms with E-state index in [0.29, 0.717) is 11.5 Å². The molecule has 4 aromatic rings. The molecular weight excluding hydrogens is 370 g/mol. The first-order valence-electron chi connectivity index (χ1n) is 10.4. The Morgan fingerprint density at radius 3 is 2.50 bits per heavy atom. The van der Waals surface area contributed by atoms with Gasteiger partial charge in [0.2, 0.25) is 0 Å². The van der Waals surface area contributed by atoms with Crippen molar-refractivity contribution in [2.75, 3.05) is 5.32 Å². The minimum atomic E-state index is -0.878. The summed E-state index contributed by atoms with van der Waals surface area (Å²) < 4.78 is 0. The largest absolute Gasteiger partial charge is 0.478 e. The van der Waals surface area contributed by atoms with Crippen LogP contribution >= 0.6 is 0 Å². The first-order valence-corrected chi connectivity index (χ1v) is 10.4. The second kappa shape index (κ2) is 6.46. The van der Waals surface area contributed by atoms with Crippen LogP contribution in [0.4, 0.5) is 5.69 Å². The summed E-state index contributed by atoms with van der Waals surface area (Å²) in [6, 6.07) is 29.4. The van der Waals surface area contributed by atoms with Gasteiger partial charge in [-0.1, -0.05) is 66.7 Å². The van der Waals surface area contributed by atoms with Gasteiger partial charge in [0.1, 0.15) is 0 Å². The SMILES string of the molecule is O=C(O)c1ccc2c(c1)[C@@H]1c3ccccc3C[C@H]1[C@H](c1cccc3ccccc13)N2. The van der Waals surface area contributed by atoms with E-state index in [1.165, 1.54) is 27.5 Å². The van der Waals surface area contributed by atoms with Gasteiger partial charge in [-0.05, 0) is 63.6 Å². The monoisotopic (exact) mass is 391 g/mol.